The molecule has 0 aromatic rings. The van der Waals surface area contributed by atoms with Crippen molar-refractivity contribution in [1.82, 2.24) is 5.32 Å². The SMILES string of the molecule is CC1CCC(CN)(CNC2CC(C)C2)CC1. The maximum Gasteiger partial charge on any atom is 0.00723 e. The molecule has 0 amide bonds. The second-order valence-electron chi connectivity index (χ2n) is 6.54. The predicted octanol–water partition coefficient (Wildman–Crippen LogP) is 2.53. The minimum absolute atomic E-state index is 0.422. The van der Waals surface area contributed by atoms with E-state index in [4.69, 9.17) is 5.73 Å². The minimum atomic E-state index is 0.422. The van der Waals surface area contributed by atoms with Crippen molar-refractivity contribution >= 4 is 0 Å². The first-order valence-corrected chi connectivity index (χ1v) is 7.07. The van der Waals surface area contributed by atoms with Crippen molar-refractivity contribution in [3.05, 3.63) is 0 Å². The molecule has 2 aliphatic carbocycles. The van der Waals surface area contributed by atoms with Crippen molar-refractivity contribution in [2.45, 2.75) is 58.4 Å². The molecule has 2 nitrogen and oxygen atoms in total. The summed E-state index contributed by atoms with van der Waals surface area (Å²) < 4.78 is 0. The molecule has 2 saturated carbocycles. The largest absolute Gasteiger partial charge is 0.330 e. The molecule has 94 valence electrons. The van der Waals surface area contributed by atoms with E-state index >= 15 is 0 Å². The van der Waals surface area contributed by atoms with E-state index in [0.29, 0.717) is 5.41 Å². The van der Waals surface area contributed by atoms with Crippen molar-refractivity contribution in [1.29, 1.82) is 0 Å². The van der Waals surface area contributed by atoms with Crippen LogP contribution in [-0.2, 0) is 0 Å². The molecule has 0 unspecified atom stereocenters. The van der Waals surface area contributed by atoms with Gasteiger partial charge in [-0.3, -0.25) is 0 Å². The van der Waals surface area contributed by atoms with Crippen molar-refractivity contribution in [3.8, 4) is 0 Å². The van der Waals surface area contributed by atoms with Crippen molar-refractivity contribution in [3.63, 3.8) is 0 Å². The van der Waals surface area contributed by atoms with Crippen LogP contribution in [0.1, 0.15) is 52.4 Å². The lowest BCUT2D eigenvalue weighted by atomic mass is 9.70. The lowest BCUT2D eigenvalue weighted by Crippen LogP contribution is -2.49. The van der Waals surface area contributed by atoms with Crippen LogP contribution in [0.2, 0.25) is 0 Å². The third-order valence-corrected chi connectivity index (χ3v) is 4.91. The van der Waals surface area contributed by atoms with Gasteiger partial charge in [0, 0.05) is 12.6 Å². The van der Waals surface area contributed by atoms with E-state index in [1.807, 2.05) is 0 Å². The number of nitrogens with two attached hydrogens (primary N) is 1. The summed E-state index contributed by atoms with van der Waals surface area (Å²) in [6.45, 7) is 6.75. The fraction of sp³-hybridized carbons (Fsp3) is 1.00. The Hall–Kier alpha value is -0.0800. The highest BCUT2D eigenvalue weighted by molar-refractivity contribution is 4.90. The summed E-state index contributed by atoms with van der Waals surface area (Å²) in [6.07, 6.45) is 8.16. The van der Waals surface area contributed by atoms with Crippen LogP contribution in [0.5, 0.6) is 0 Å². The Morgan fingerprint density at radius 1 is 1.12 bits per heavy atom. The Balaban J connectivity index is 1.76. The van der Waals surface area contributed by atoms with Crippen LogP contribution in [-0.4, -0.2) is 19.1 Å². The smallest absolute Gasteiger partial charge is 0.00723 e. The van der Waals surface area contributed by atoms with Gasteiger partial charge in [-0.1, -0.05) is 26.7 Å². The topological polar surface area (TPSA) is 38.0 Å². The van der Waals surface area contributed by atoms with Crippen molar-refractivity contribution < 1.29 is 0 Å². The first-order chi connectivity index (χ1) is 7.63. The van der Waals surface area contributed by atoms with E-state index in [0.717, 1.165) is 31.0 Å². The molecular formula is C14H28N2. The zero-order valence-corrected chi connectivity index (χ0v) is 11.0. The average Bonchev–Trinajstić information content (AvgIpc) is 2.26. The van der Waals surface area contributed by atoms with Gasteiger partial charge in [-0.15, -0.1) is 0 Å². The first-order valence-electron chi connectivity index (χ1n) is 7.07. The molecule has 0 heterocycles. The van der Waals surface area contributed by atoms with Gasteiger partial charge in [-0.25, -0.2) is 0 Å². The summed E-state index contributed by atoms with van der Waals surface area (Å²) in [5, 5.41) is 3.75. The summed E-state index contributed by atoms with van der Waals surface area (Å²) in [7, 11) is 0. The zero-order chi connectivity index (χ0) is 11.6. The van der Waals surface area contributed by atoms with Gasteiger partial charge in [-0.05, 0) is 49.5 Å². The van der Waals surface area contributed by atoms with Gasteiger partial charge in [0.1, 0.15) is 0 Å². The van der Waals surface area contributed by atoms with Crippen LogP contribution in [0.25, 0.3) is 0 Å². The molecule has 0 radical (unpaired) electrons. The molecule has 0 atom stereocenters. The Morgan fingerprint density at radius 3 is 2.25 bits per heavy atom. The van der Waals surface area contributed by atoms with Gasteiger partial charge in [0.05, 0.1) is 0 Å². The van der Waals surface area contributed by atoms with E-state index < -0.39 is 0 Å². The van der Waals surface area contributed by atoms with Crippen LogP contribution in [0.15, 0.2) is 0 Å². The van der Waals surface area contributed by atoms with Crippen LogP contribution >= 0.6 is 0 Å². The van der Waals surface area contributed by atoms with Gasteiger partial charge in [0.2, 0.25) is 0 Å². The molecule has 0 saturated heterocycles. The molecule has 2 rings (SSSR count). The second kappa shape index (κ2) is 5.05. The zero-order valence-electron chi connectivity index (χ0n) is 11.0. The molecule has 0 aliphatic heterocycles. The average molecular weight is 224 g/mol. The monoisotopic (exact) mass is 224 g/mol. The van der Waals surface area contributed by atoms with Gasteiger partial charge in [0.25, 0.3) is 0 Å². The van der Waals surface area contributed by atoms with Gasteiger partial charge >= 0.3 is 0 Å². The quantitative estimate of drug-likeness (QED) is 0.770. The molecule has 0 bridgehead atoms. The van der Waals surface area contributed by atoms with Gasteiger partial charge in [-0.2, -0.15) is 0 Å². The van der Waals surface area contributed by atoms with E-state index in [9.17, 15) is 0 Å². The van der Waals surface area contributed by atoms with Crippen LogP contribution in [0, 0.1) is 17.3 Å². The molecular weight excluding hydrogens is 196 g/mol. The molecule has 3 N–H and O–H groups in total. The fourth-order valence-corrected chi connectivity index (χ4v) is 3.26. The summed E-state index contributed by atoms with van der Waals surface area (Å²) in [5.41, 5.74) is 6.44. The van der Waals surface area contributed by atoms with Gasteiger partial charge in [0.15, 0.2) is 0 Å². The fourth-order valence-electron chi connectivity index (χ4n) is 3.26. The maximum atomic E-state index is 6.02. The Kier molecular flexibility index (Phi) is 3.91. The normalized spacial score (nSPS) is 44.1. The molecule has 16 heavy (non-hydrogen) atoms. The molecule has 0 aromatic heterocycles. The Labute approximate surface area is 100 Å². The number of rotatable bonds is 4. The first kappa shape index (κ1) is 12.4. The standard InChI is InChI=1S/C14H28N2/c1-11-3-5-14(9-15,6-4-11)10-16-13-7-12(2)8-13/h11-13,16H,3-10,15H2,1-2H3. The van der Waals surface area contributed by atoms with E-state index in [-0.39, 0.29) is 0 Å². The highest BCUT2D eigenvalue weighted by Crippen LogP contribution is 2.38. The van der Waals surface area contributed by atoms with Crippen molar-refractivity contribution in [2.75, 3.05) is 13.1 Å². The third-order valence-electron chi connectivity index (χ3n) is 4.91. The molecule has 2 heteroatoms. The predicted molar refractivity (Wildman–Crippen MR) is 69.3 cm³/mol. The summed E-state index contributed by atoms with van der Waals surface area (Å²) >= 11 is 0. The summed E-state index contributed by atoms with van der Waals surface area (Å²) in [5.74, 6) is 1.86. The third kappa shape index (κ3) is 2.78. The second-order valence-corrected chi connectivity index (χ2v) is 6.54. The number of hydrogen-bond donors (Lipinski definition) is 2. The van der Waals surface area contributed by atoms with Crippen molar-refractivity contribution in [2.24, 2.45) is 23.0 Å². The molecule has 2 fully saturated rings. The lowest BCUT2D eigenvalue weighted by Gasteiger charge is -2.42. The van der Waals surface area contributed by atoms with E-state index in [1.54, 1.807) is 0 Å². The van der Waals surface area contributed by atoms with Crippen LogP contribution < -0.4 is 11.1 Å². The number of nitrogens with one attached hydrogen (secondary N) is 1. The van der Waals surface area contributed by atoms with Crippen LogP contribution in [0.3, 0.4) is 0 Å². The molecule has 0 aromatic carbocycles. The summed E-state index contributed by atoms with van der Waals surface area (Å²) in [4.78, 5) is 0. The van der Waals surface area contributed by atoms with Crippen LogP contribution in [0.4, 0.5) is 0 Å². The molecule has 0 spiro atoms. The van der Waals surface area contributed by atoms with E-state index in [1.165, 1.54) is 38.5 Å². The summed E-state index contributed by atoms with van der Waals surface area (Å²) in [6, 6.07) is 0.790. The Morgan fingerprint density at radius 2 is 1.75 bits per heavy atom. The minimum Gasteiger partial charge on any atom is -0.330 e. The number of hydrogen-bond acceptors (Lipinski definition) is 2. The molecule has 2 aliphatic rings. The maximum absolute atomic E-state index is 6.02. The highest BCUT2D eigenvalue weighted by Gasteiger charge is 2.34. The lowest BCUT2D eigenvalue weighted by molar-refractivity contribution is 0.135. The Bertz CT molecular complexity index is 213. The van der Waals surface area contributed by atoms with E-state index in [2.05, 4.69) is 19.2 Å². The van der Waals surface area contributed by atoms with Gasteiger partial charge < -0.3 is 11.1 Å². The highest BCUT2D eigenvalue weighted by atomic mass is 14.9.